The molecule has 150 valence electrons. The molecule has 1 aromatic carbocycles. The lowest BCUT2D eigenvalue weighted by atomic mass is 10.1. The van der Waals surface area contributed by atoms with Crippen LogP contribution in [0.5, 0.6) is 5.88 Å². The number of benzene rings is 1. The number of aliphatic imine (C=N–C) groups is 1. The van der Waals surface area contributed by atoms with E-state index in [9.17, 15) is 14.7 Å². The van der Waals surface area contributed by atoms with Crippen molar-refractivity contribution >= 4 is 6.21 Å². The standard InChI is InChI=1S/C21H28N4O3/c1-15-7-8-17(13-16(15)2)25-20(27)18(19(26)23-21(25)28)14-22-9-6-12-24-10-4-3-5-11-24/h7-8,13-14,27H,3-6,9-12H2,1-2H3,(H,23,26,28). The van der Waals surface area contributed by atoms with Crippen molar-refractivity contribution in [2.75, 3.05) is 26.2 Å². The minimum absolute atomic E-state index is 0.00389. The van der Waals surface area contributed by atoms with Crippen LogP contribution in [0.1, 0.15) is 42.4 Å². The molecule has 2 N–H and O–H groups in total. The number of piperidine rings is 1. The Balaban J connectivity index is 1.76. The summed E-state index contributed by atoms with van der Waals surface area (Å²) in [6, 6.07) is 5.41. The van der Waals surface area contributed by atoms with Gasteiger partial charge in [-0.25, -0.2) is 9.36 Å². The predicted molar refractivity (Wildman–Crippen MR) is 111 cm³/mol. The summed E-state index contributed by atoms with van der Waals surface area (Å²) in [4.78, 5) is 33.4. The molecule has 1 aliphatic rings. The molecule has 28 heavy (non-hydrogen) atoms. The molecule has 2 heterocycles. The molecule has 1 saturated heterocycles. The van der Waals surface area contributed by atoms with Crippen LogP contribution < -0.4 is 11.2 Å². The molecule has 1 aliphatic heterocycles. The number of nitrogens with zero attached hydrogens (tertiary/aromatic N) is 3. The molecule has 0 aliphatic carbocycles. The molecule has 0 spiro atoms. The maximum absolute atomic E-state index is 12.3. The largest absolute Gasteiger partial charge is 0.493 e. The lowest BCUT2D eigenvalue weighted by molar-refractivity contribution is 0.228. The van der Waals surface area contributed by atoms with Gasteiger partial charge < -0.3 is 10.0 Å². The summed E-state index contributed by atoms with van der Waals surface area (Å²) in [5.74, 6) is -0.392. The summed E-state index contributed by atoms with van der Waals surface area (Å²) in [6.45, 7) is 7.74. The SMILES string of the molecule is Cc1ccc(-n2c(O)c(C=NCCCN3CCCCC3)c(=O)[nH]c2=O)cc1C. The van der Waals surface area contributed by atoms with Gasteiger partial charge in [0.15, 0.2) is 0 Å². The van der Waals surface area contributed by atoms with Crippen molar-refractivity contribution in [3.8, 4) is 11.6 Å². The highest BCUT2D eigenvalue weighted by Gasteiger charge is 2.14. The summed E-state index contributed by atoms with van der Waals surface area (Å²) in [5.41, 5.74) is 1.26. The average molecular weight is 384 g/mol. The van der Waals surface area contributed by atoms with Gasteiger partial charge in [0, 0.05) is 12.8 Å². The monoisotopic (exact) mass is 384 g/mol. The van der Waals surface area contributed by atoms with Crippen molar-refractivity contribution in [1.29, 1.82) is 0 Å². The molecule has 0 atom stereocenters. The number of hydrogen-bond donors (Lipinski definition) is 2. The van der Waals surface area contributed by atoms with Gasteiger partial charge in [0.1, 0.15) is 5.56 Å². The fraction of sp³-hybridized carbons (Fsp3) is 0.476. The number of hydrogen-bond acceptors (Lipinski definition) is 5. The Morgan fingerprint density at radius 1 is 1.14 bits per heavy atom. The van der Waals surface area contributed by atoms with Crippen molar-refractivity contribution in [2.45, 2.75) is 39.5 Å². The van der Waals surface area contributed by atoms with Gasteiger partial charge in [0.25, 0.3) is 5.56 Å². The molecular weight excluding hydrogens is 356 g/mol. The third kappa shape index (κ3) is 4.59. The van der Waals surface area contributed by atoms with Crippen molar-refractivity contribution < 1.29 is 5.11 Å². The summed E-state index contributed by atoms with van der Waals surface area (Å²) in [5, 5.41) is 10.6. The molecule has 0 saturated carbocycles. The van der Waals surface area contributed by atoms with Crippen LogP contribution in [0.3, 0.4) is 0 Å². The van der Waals surface area contributed by atoms with Crippen LogP contribution >= 0.6 is 0 Å². The summed E-state index contributed by atoms with van der Waals surface area (Å²) in [7, 11) is 0. The second-order valence-electron chi connectivity index (χ2n) is 7.39. The first kappa shape index (κ1) is 20.1. The fourth-order valence-electron chi connectivity index (χ4n) is 3.48. The molecular formula is C21H28N4O3. The van der Waals surface area contributed by atoms with E-state index in [1.807, 2.05) is 19.9 Å². The van der Waals surface area contributed by atoms with Crippen molar-refractivity contribution in [3.63, 3.8) is 0 Å². The van der Waals surface area contributed by atoms with E-state index in [4.69, 9.17) is 0 Å². The number of aromatic hydroxyl groups is 1. The Morgan fingerprint density at radius 3 is 2.61 bits per heavy atom. The average Bonchev–Trinajstić information content (AvgIpc) is 2.67. The first-order valence-electron chi connectivity index (χ1n) is 9.85. The number of likely N-dealkylation sites (tertiary alicyclic amines) is 1. The Bertz CT molecular complexity index is 969. The van der Waals surface area contributed by atoms with E-state index in [0.717, 1.165) is 41.7 Å². The zero-order chi connectivity index (χ0) is 20.1. The summed E-state index contributed by atoms with van der Waals surface area (Å²) < 4.78 is 1.10. The fourth-order valence-corrected chi connectivity index (χ4v) is 3.48. The minimum Gasteiger partial charge on any atom is -0.493 e. The lowest BCUT2D eigenvalue weighted by Crippen LogP contribution is -2.31. The summed E-state index contributed by atoms with van der Waals surface area (Å²) in [6.07, 6.45) is 6.08. The molecule has 1 fully saturated rings. The smallest absolute Gasteiger partial charge is 0.335 e. The van der Waals surface area contributed by atoms with E-state index in [2.05, 4.69) is 14.9 Å². The van der Waals surface area contributed by atoms with Crippen LogP contribution in [0.4, 0.5) is 0 Å². The number of aryl methyl sites for hydroxylation is 2. The predicted octanol–water partition coefficient (Wildman–Crippen LogP) is 2.14. The molecule has 0 radical (unpaired) electrons. The summed E-state index contributed by atoms with van der Waals surface area (Å²) >= 11 is 0. The van der Waals surface area contributed by atoms with Gasteiger partial charge in [-0.1, -0.05) is 12.5 Å². The zero-order valence-corrected chi connectivity index (χ0v) is 16.6. The number of aromatic nitrogens is 2. The zero-order valence-electron chi connectivity index (χ0n) is 16.6. The Kier molecular flexibility index (Phi) is 6.46. The Labute approximate surface area is 164 Å². The third-order valence-electron chi connectivity index (χ3n) is 5.30. The lowest BCUT2D eigenvalue weighted by Gasteiger charge is -2.25. The highest BCUT2D eigenvalue weighted by Crippen LogP contribution is 2.18. The van der Waals surface area contributed by atoms with Gasteiger partial charge in [-0.05, 0) is 76.0 Å². The van der Waals surface area contributed by atoms with E-state index in [1.54, 1.807) is 12.1 Å². The van der Waals surface area contributed by atoms with Gasteiger partial charge in [-0.15, -0.1) is 0 Å². The van der Waals surface area contributed by atoms with Crippen molar-refractivity contribution in [2.24, 2.45) is 4.99 Å². The minimum atomic E-state index is -0.673. The molecule has 7 nitrogen and oxygen atoms in total. The van der Waals surface area contributed by atoms with Gasteiger partial charge in [-0.3, -0.25) is 14.8 Å². The Morgan fingerprint density at radius 2 is 1.89 bits per heavy atom. The molecule has 7 heteroatoms. The molecule has 1 aromatic heterocycles. The van der Waals surface area contributed by atoms with Gasteiger partial charge in [0.05, 0.1) is 5.69 Å². The van der Waals surface area contributed by atoms with Crippen LogP contribution in [0.15, 0.2) is 32.8 Å². The second-order valence-corrected chi connectivity index (χ2v) is 7.39. The molecule has 2 aromatic rings. The van der Waals surface area contributed by atoms with Crippen LogP contribution in [0.25, 0.3) is 5.69 Å². The van der Waals surface area contributed by atoms with Crippen LogP contribution in [-0.2, 0) is 0 Å². The number of H-pyrrole nitrogens is 1. The maximum atomic E-state index is 12.3. The number of nitrogens with one attached hydrogen (secondary N) is 1. The van der Waals surface area contributed by atoms with Gasteiger partial charge >= 0.3 is 5.69 Å². The van der Waals surface area contributed by atoms with E-state index in [1.165, 1.54) is 25.5 Å². The Hall–Kier alpha value is -2.67. The quantitative estimate of drug-likeness (QED) is 0.590. The topological polar surface area (TPSA) is 90.7 Å². The normalized spacial score (nSPS) is 15.4. The first-order chi connectivity index (χ1) is 13.5. The molecule has 0 bridgehead atoms. The highest BCUT2D eigenvalue weighted by atomic mass is 16.3. The first-order valence-corrected chi connectivity index (χ1v) is 9.85. The molecule has 0 unspecified atom stereocenters. The van der Waals surface area contributed by atoms with E-state index in [-0.39, 0.29) is 5.56 Å². The van der Waals surface area contributed by atoms with E-state index >= 15 is 0 Å². The van der Waals surface area contributed by atoms with Crippen LogP contribution in [0, 0.1) is 13.8 Å². The molecule has 3 rings (SSSR count). The molecule has 0 amide bonds. The van der Waals surface area contributed by atoms with E-state index < -0.39 is 17.1 Å². The number of rotatable bonds is 6. The van der Waals surface area contributed by atoms with Crippen LogP contribution in [-0.4, -0.2) is 52.0 Å². The van der Waals surface area contributed by atoms with Gasteiger partial charge in [-0.2, -0.15) is 0 Å². The maximum Gasteiger partial charge on any atom is 0.335 e. The van der Waals surface area contributed by atoms with Crippen molar-refractivity contribution in [1.82, 2.24) is 14.5 Å². The highest BCUT2D eigenvalue weighted by molar-refractivity contribution is 5.82. The van der Waals surface area contributed by atoms with E-state index in [0.29, 0.717) is 12.2 Å². The van der Waals surface area contributed by atoms with Crippen LogP contribution in [0.2, 0.25) is 0 Å². The second kappa shape index (κ2) is 9.01. The third-order valence-corrected chi connectivity index (χ3v) is 5.30. The number of aromatic amines is 1. The van der Waals surface area contributed by atoms with Gasteiger partial charge in [0.2, 0.25) is 5.88 Å². The van der Waals surface area contributed by atoms with Crippen molar-refractivity contribution in [3.05, 3.63) is 55.7 Å².